The maximum absolute atomic E-state index is 11.4. The second kappa shape index (κ2) is 7.41. The van der Waals surface area contributed by atoms with Gasteiger partial charge in [-0.25, -0.2) is 0 Å². The number of carbonyl (C=O) groups is 2. The summed E-state index contributed by atoms with van der Waals surface area (Å²) in [5.74, 6) is 0. The van der Waals surface area contributed by atoms with Gasteiger partial charge in [-0.15, -0.1) is 0 Å². The predicted molar refractivity (Wildman–Crippen MR) is 123 cm³/mol. The number of fused-ring (bicyclic) bond motifs is 2. The molecule has 0 bridgehead atoms. The van der Waals surface area contributed by atoms with Crippen LogP contribution < -0.4 is 0 Å². The van der Waals surface area contributed by atoms with Crippen molar-refractivity contribution in [3.05, 3.63) is 118 Å². The third kappa shape index (κ3) is 3.09. The van der Waals surface area contributed by atoms with E-state index in [2.05, 4.69) is 30.4 Å². The van der Waals surface area contributed by atoms with Crippen molar-refractivity contribution in [2.24, 2.45) is 0 Å². The highest BCUT2D eigenvalue weighted by Gasteiger charge is 2.18. The number of aldehydes is 2. The zero-order chi connectivity index (χ0) is 20.5. The molecule has 2 nitrogen and oxygen atoms in total. The summed E-state index contributed by atoms with van der Waals surface area (Å²) in [6.07, 6.45) is 9.91. The van der Waals surface area contributed by atoms with Crippen LogP contribution >= 0.6 is 0 Å². The van der Waals surface area contributed by atoms with Gasteiger partial charge < -0.3 is 0 Å². The molecule has 0 unspecified atom stereocenters. The molecule has 3 aromatic rings. The molecule has 0 aliphatic heterocycles. The number of benzene rings is 3. The maximum Gasteiger partial charge on any atom is 0.150 e. The molecule has 0 radical (unpaired) electrons. The van der Waals surface area contributed by atoms with Gasteiger partial charge in [0.1, 0.15) is 0 Å². The van der Waals surface area contributed by atoms with Crippen LogP contribution in [0, 0.1) is 0 Å². The summed E-state index contributed by atoms with van der Waals surface area (Å²) in [6.45, 7) is 0. The molecule has 2 heteroatoms. The van der Waals surface area contributed by atoms with Gasteiger partial charge in [-0.1, -0.05) is 66.7 Å². The van der Waals surface area contributed by atoms with Gasteiger partial charge in [0, 0.05) is 11.1 Å². The van der Waals surface area contributed by atoms with Crippen LogP contribution in [0.1, 0.15) is 33.4 Å². The summed E-state index contributed by atoms with van der Waals surface area (Å²) in [6, 6.07) is 24.2. The average molecular weight is 386 g/mol. The Morgan fingerprint density at radius 3 is 1.37 bits per heavy atom. The first kappa shape index (κ1) is 18.0. The molecule has 2 aliphatic carbocycles. The Hall–Kier alpha value is -4.04. The van der Waals surface area contributed by atoms with E-state index in [4.69, 9.17) is 0 Å². The average Bonchev–Trinajstić information content (AvgIpc) is 3.32. The van der Waals surface area contributed by atoms with Crippen molar-refractivity contribution in [2.45, 2.75) is 0 Å². The summed E-state index contributed by atoms with van der Waals surface area (Å²) >= 11 is 0. The van der Waals surface area contributed by atoms with Gasteiger partial charge in [-0.2, -0.15) is 0 Å². The first-order valence-electron chi connectivity index (χ1n) is 9.83. The molecular formula is C28H18O2. The Kier molecular flexibility index (Phi) is 4.45. The van der Waals surface area contributed by atoms with Crippen LogP contribution in [0.3, 0.4) is 0 Å². The summed E-state index contributed by atoms with van der Waals surface area (Å²) < 4.78 is 0. The van der Waals surface area contributed by atoms with E-state index in [0.717, 1.165) is 57.1 Å². The number of rotatable bonds is 4. The monoisotopic (exact) mass is 386 g/mol. The smallest absolute Gasteiger partial charge is 0.150 e. The van der Waals surface area contributed by atoms with E-state index in [1.807, 2.05) is 66.7 Å². The van der Waals surface area contributed by atoms with Crippen LogP contribution in [-0.2, 0) is 9.59 Å². The van der Waals surface area contributed by atoms with E-state index < -0.39 is 0 Å². The molecule has 0 saturated heterocycles. The Balaban J connectivity index is 1.54. The third-order valence-corrected chi connectivity index (χ3v) is 5.53. The Labute approximate surface area is 175 Å². The lowest BCUT2D eigenvalue weighted by Gasteiger charge is -2.04. The van der Waals surface area contributed by atoms with E-state index in [1.54, 1.807) is 0 Å². The second-order valence-electron chi connectivity index (χ2n) is 7.40. The molecule has 0 fully saturated rings. The predicted octanol–water partition coefficient (Wildman–Crippen LogP) is 5.96. The summed E-state index contributed by atoms with van der Waals surface area (Å²) in [4.78, 5) is 22.9. The molecule has 0 aromatic heterocycles. The Morgan fingerprint density at radius 1 is 0.500 bits per heavy atom. The van der Waals surface area contributed by atoms with Crippen LogP contribution in [0.25, 0.3) is 34.4 Å². The topological polar surface area (TPSA) is 34.1 Å². The van der Waals surface area contributed by atoms with E-state index >= 15 is 0 Å². The SMILES string of the molecule is O=CC1=C/C(=C\c2cccc(/C=C3\C=C(C=O)c4ccccc43)c2)c2ccccc21. The number of carbonyl (C=O) groups excluding carboxylic acids is 2. The quantitative estimate of drug-likeness (QED) is 0.519. The van der Waals surface area contributed by atoms with Crippen molar-refractivity contribution in [1.29, 1.82) is 0 Å². The molecular weight excluding hydrogens is 368 g/mol. The summed E-state index contributed by atoms with van der Waals surface area (Å²) in [5.41, 5.74) is 9.72. The van der Waals surface area contributed by atoms with Gasteiger partial charge in [-0.05, 0) is 74.9 Å². The first-order chi connectivity index (χ1) is 14.8. The fourth-order valence-electron chi connectivity index (χ4n) is 4.15. The minimum absolute atomic E-state index is 0.712. The zero-order valence-corrected chi connectivity index (χ0v) is 16.2. The third-order valence-electron chi connectivity index (χ3n) is 5.53. The van der Waals surface area contributed by atoms with Crippen LogP contribution in [0.15, 0.2) is 84.9 Å². The maximum atomic E-state index is 11.4. The van der Waals surface area contributed by atoms with Crippen LogP contribution in [0.2, 0.25) is 0 Å². The summed E-state index contributed by atoms with van der Waals surface area (Å²) in [7, 11) is 0. The second-order valence-corrected chi connectivity index (χ2v) is 7.40. The molecule has 0 amide bonds. The lowest BCUT2D eigenvalue weighted by Crippen LogP contribution is -1.85. The largest absolute Gasteiger partial charge is 0.298 e. The molecule has 142 valence electrons. The lowest BCUT2D eigenvalue weighted by molar-refractivity contribution is -0.104. The van der Waals surface area contributed by atoms with Crippen LogP contribution in [0.4, 0.5) is 0 Å². The van der Waals surface area contributed by atoms with Crippen molar-refractivity contribution in [2.75, 3.05) is 0 Å². The number of hydrogen-bond acceptors (Lipinski definition) is 2. The van der Waals surface area contributed by atoms with Crippen molar-refractivity contribution < 1.29 is 9.59 Å². The van der Waals surface area contributed by atoms with E-state index in [0.29, 0.717) is 11.1 Å². The fraction of sp³-hybridized carbons (Fsp3) is 0. The molecule has 0 spiro atoms. The lowest BCUT2D eigenvalue weighted by atomic mass is 10.00. The molecule has 30 heavy (non-hydrogen) atoms. The van der Waals surface area contributed by atoms with E-state index in [9.17, 15) is 9.59 Å². The van der Waals surface area contributed by atoms with Gasteiger partial charge in [-0.3, -0.25) is 9.59 Å². The van der Waals surface area contributed by atoms with Crippen molar-refractivity contribution >= 4 is 47.0 Å². The molecule has 5 rings (SSSR count). The van der Waals surface area contributed by atoms with E-state index in [1.165, 1.54) is 0 Å². The first-order valence-corrected chi connectivity index (χ1v) is 9.83. The van der Waals surface area contributed by atoms with Crippen molar-refractivity contribution in [1.82, 2.24) is 0 Å². The molecule has 0 heterocycles. The Bertz CT molecular complexity index is 1220. The zero-order valence-electron chi connectivity index (χ0n) is 16.2. The van der Waals surface area contributed by atoms with Gasteiger partial charge in [0.25, 0.3) is 0 Å². The van der Waals surface area contributed by atoms with E-state index in [-0.39, 0.29) is 0 Å². The van der Waals surface area contributed by atoms with Gasteiger partial charge >= 0.3 is 0 Å². The standard InChI is InChI=1S/C28H18O2/c29-17-23-15-21(25-8-1-3-10-27(23)25)13-19-6-5-7-20(12-19)14-22-16-24(18-30)28-11-4-2-9-26(22)28/h1-18H/b21-13+,22-14+. The highest BCUT2D eigenvalue weighted by molar-refractivity contribution is 6.19. The highest BCUT2D eigenvalue weighted by atomic mass is 16.1. The van der Waals surface area contributed by atoms with Crippen molar-refractivity contribution in [3.63, 3.8) is 0 Å². The number of allylic oxidation sites excluding steroid dienone is 6. The van der Waals surface area contributed by atoms with Gasteiger partial charge in [0.2, 0.25) is 0 Å². The van der Waals surface area contributed by atoms with Crippen molar-refractivity contribution in [3.8, 4) is 0 Å². The molecule has 2 aliphatic rings. The highest BCUT2D eigenvalue weighted by Crippen LogP contribution is 2.37. The molecule has 0 atom stereocenters. The van der Waals surface area contributed by atoms with Crippen LogP contribution in [0.5, 0.6) is 0 Å². The molecule has 0 N–H and O–H groups in total. The van der Waals surface area contributed by atoms with Gasteiger partial charge in [0.15, 0.2) is 12.6 Å². The molecule has 0 saturated carbocycles. The fourth-order valence-corrected chi connectivity index (χ4v) is 4.15. The minimum atomic E-state index is 0.712. The summed E-state index contributed by atoms with van der Waals surface area (Å²) in [5, 5.41) is 0. The Morgan fingerprint density at radius 2 is 0.933 bits per heavy atom. The van der Waals surface area contributed by atoms with Gasteiger partial charge in [0.05, 0.1) is 0 Å². The minimum Gasteiger partial charge on any atom is -0.298 e. The normalized spacial score (nSPS) is 16.8. The van der Waals surface area contributed by atoms with Crippen LogP contribution in [-0.4, -0.2) is 12.6 Å². The molecule has 3 aromatic carbocycles. The number of hydrogen-bond donors (Lipinski definition) is 0.